The quantitative estimate of drug-likeness (QED) is 0.273. The standard InChI is InChI=1S/C21H24N5O6PS2/c1-6-15-16(11-22)19(26(2)3)24-21(17(15)12-23)34-18(20(27)25-33(4,28)29)13-7-9-14(10-8-13)32-35(5,30)31/h7-10,18H,6H2,1-5H3,(H2,25,27,28,29)/t18-/m1/s1. The Labute approximate surface area is 208 Å². The van der Waals surface area contributed by atoms with Gasteiger partial charge in [0.15, 0.2) is 0 Å². The van der Waals surface area contributed by atoms with Crippen molar-refractivity contribution in [2.75, 3.05) is 31.9 Å². The van der Waals surface area contributed by atoms with Crippen molar-refractivity contribution in [1.82, 2.24) is 10.1 Å². The zero-order valence-electron chi connectivity index (χ0n) is 19.6. The van der Waals surface area contributed by atoms with Gasteiger partial charge in [0.2, 0.25) is 5.91 Å². The molecule has 35 heavy (non-hydrogen) atoms. The van der Waals surface area contributed by atoms with E-state index < -0.39 is 28.8 Å². The summed E-state index contributed by atoms with van der Waals surface area (Å²) in [5, 5.41) is 20.6. The van der Waals surface area contributed by atoms with E-state index >= 15 is 0 Å². The van der Waals surface area contributed by atoms with E-state index in [9.17, 15) is 33.2 Å². The summed E-state index contributed by atoms with van der Waals surface area (Å²) in [6.45, 7) is 2.75. The lowest BCUT2D eigenvalue weighted by Gasteiger charge is -2.22. The highest BCUT2D eigenvalue weighted by Crippen LogP contribution is 2.42. The van der Waals surface area contributed by atoms with Crippen LogP contribution in [0.4, 0.5) is 5.82 Å². The molecule has 2 N–H and O–H groups in total. The van der Waals surface area contributed by atoms with Crippen LogP contribution in [0, 0.1) is 22.7 Å². The number of carbonyl (C=O) groups excluding carboxylic acids is 1. The van der Waals surface area contributed by atoms with E-state index in [0.29, 0.717) is 23.4 Å². The number of nitriles is 2. The molecular formula is C21H24N5O6PS2. The fourth-order valence-corrected chi connectivity index (χ4v) is 5.31. The molecule has 0 spiro atoms. The normalized spacial score (nSPS) is 13.6. The first-order valence-corrected chi connectivity index (χ1v) is 14.8. The van der Waals surface area contributed by atoms with Gasteiger partial charge in [0.1, 0.15) is 34.0 Å². The van der Waals surface area contributed by atoms with E-state index in [4.69, 9.17) is 4.18 Å². The largest absolute Gasteiger partial charge is 0.383 e. The maximum absolute atomic E-state index is 13.0. The zero-order chi connectivity index (χ0) is 26.6. The number of aromatic nitrogens is 1. The maximum atomic E-state index is 13.0. The van der Waals surface area contributed by atoms with Gasteiger partial charge in [0.25, 0.3) is 7.52 Å². The molecule has 0 bridgehead atoms. The molecule has 0 saturated heterocycles. The summed E-state index contributed by atoms with van der Waals surface area (Å²) in [5.41, 5.74) is 1.17. The first-order chi connectivity index (χ1) is 16.2. The molecule has 0 fully saturated rings. The Morgan fingerprint density at radius 1 is 1.26 bits per heavy atom. The molecule has 0 aliphatic carbocycles. The third-order valence-corrected chi connectivity index (χ3v) is 6.84. The number of thioether (sulfide) groups is 1. The van der Waals surface area contributed by atoms with Gasteiger partial charge in [-0.25, -0.2) is 4.98 Å². The van der Waals surface area contributed by atoms with Gasteiger partial charge in [-0.15, -0.1) is 0 Å². The van der Waals surface area contributed by atoms with Crippen LogP contribution in [-0.4, -0.2) is 51.2 Å². The Bertz CT molecular complexity index is 1360. The van der Waals surface area contributed by atoms with Crippen LogP contribution in [0.5, 0.6) is 5.75 Å². The van der Waals surface area contributed by atoms with Crippen LogP contribution in [0.2, 0.25) is 0 Å². The Morgan fingerprint density at radius 2 is 1.83 bits per heavy atom. The molecule has 2 atom stereocenters. The van der Waals surface area contributed by atoms with Crippen molar-refractivity contribution in [3.63, 3.8) is 0 Å². The Morgan fingerprint density at radius 3 is 2.26 bits per heavy atom. The number of rotatable bonds is 9. The lowest BCUT2D eigenvalue weighted by molar-refractivity contribution is -0.119. The lowest BCUT2D eigenvalue weighted by atomic mass is 10.0. The van der Waals surface area contributed by atoms with Crippen molar-refractivity contribution in [3.8, 4) is 17.9 Å². The van der Waals surface area contributed by atoms with E-state index in [1.165, 1.54) is 24.3 Å². The summed E-state index contributed by atoms with van der Waals surface area (Å²) < 4.78 is 39.5. The van der Waals surface area contributed by atoms with Gasteiger partial charge < -0.3 is 14.0 Å². The third-order valence-electron chi connectivity index (χ3n) is 4.46. The number of benzene rings is 1. The van der Waals surface area contributed by atoms with Crippen molar-refractivity contribution < 1.29 is 26.9 Å². The minimum atomic E-state index is -3.96. The number of nitrogens with zero attached hydrogens (tertiary/aromatic N) is 4. The van der Waals surface area contributed by atoms with Crippen LogP contribution in [0.25, 0.3) is 0 Å². The first kappa shape index (κ1) is 28.1. The van der Waals surface area contributed by atoms with Crippen molar-refractivity contribution in [2.24, 2.45) is 0 Å². The zero-order valence-corrected chi connectivity index (χ0v) is 22.2. The summed E-state index contributed by atoms with van der Waals surface area (Å²) in [6, 6.07) is 9.67. The van der Waals surface area contributed by atoms with Gasteiger partial charge in [-0.3, -0.25) is 14.4 Å². The molecule has 1 aromatic carbocycles. The highest BCUT2D eigenvalue weighted by atomic mass is 32.2. The molecule has 11 nitrogen and oxygen atoms in total. The molecule has 1 unspecified atom stereocenters. The number of amides is 1. The van der Waals surface area contributed by atoms with Crippen molar-refractivity contribution in [3.05, 3.63) is 46.5 Å². The molecule has 0 aliphatic heterocycles. The fourth-order valence-electron chi connectivity index (χ4n) is 3.11. The summed E-state index contributed by atoms with van der Waals surface area (Å²) in [7, 11) is -4.36. The molecule has 0 radical (unpaired) electrons. The van der Waals surface area contributed by atoms with Crippen LogP contribution in [0.15, 0.2) is 29.3 Å². The summed E-state index contributed by atoms with van der Waals surface area (Å²) in [5.74, 6) is -0.494. The number of hydrogen-bond donors (Lipinski definition) is 2. The van der Waals surface area contributed by atoms with Crippen LogP contribution in [0.1, 0.15) is 34.4 Å². The van der Waals surface area contributed by atoms with E-state index in [-0.39, 0.29) is 21.9 Å². The van der Waals surface area contributed by atoms with Crippen LogP contribution in [0.3, 0.4) is 0 Å². The summed E-state index contributed by atoms with van der Waals surface area (Å²) in [6.07, 6.45) is 1.25. The molecule has 2 aromatic rings. The highest BCUT2D eigenvalue weighted by molar-refractivity contribution is 8.00. The van der Waals surface area contributed by atoms with Crippen molar-refractivity contribution in [2.45, 2.75) is 23.6 Å². The smallest absolute Gasteiger partial charge is 0.306 e. The van der Waals surface area contributed by atoms with E-state index in [2.05, 4.69) is 22.2 Å². The van der Waals surface area contributed by atoms with E-state index in [0.717, 1.165) is 24.7 Å². The molecule has 1 heterocycles. The minimum absolute atomic E-state index is 0.0149. The van der Waals surface area contributed by atoms with Crippen LogP contribution in [-0.2, 0) is 25.9 Å². The second-order valence-electron chi connectivity index (χ2n) is 7.65. The van der Waals surface area contributed by atoms with Gasteiger partial charge >= 0.3 is 10.1 Å². The maximum Gasteiger partial charge on any atom is 0.306 e. The van der Waals surface area contributed by atoms with Gasteiger partial charge in [-0.05, 0) is 29.7 Å². The van der Waals surface area contributed by atoms with Crippen LogP contribution >= 0.6 is 19.3 Å². The number of carbonyl (C=O) groups is 1. The molecule has 0 saturated carbocycles. The summed E-state index contributed by atoms with van der Waals surface area (Å²) >= 11 is 0.868. The second kappa shape index (κ2) is 11.1. The number of hydrogen-bond acceptors (Lipinski definition) is 10. The van der Waals surface area contributed by atoms with Gasteiger partial charge in [-0.2, -0.15) is 18.9 Å². The molecule has 186 valence electrons. The van der Waals surface area contributed by atoms with E-state index in [1.807, 2.05) is 0 Å². The molecule has 0 aliphatic rings. The highest BCUT2D eigenvalue weighted by Gasteiger charge is 2.30. The number of nitrogens with one attached hydrogen (secondary N) is 1. The lowest BCUT2D eigenvalue weighted by Crippen LogP contribution is -2.25. The predicted octanol–water partition coefficient (Wildman–Crippen LogP) is 2.56. The molecule has 1 amide bonds. The number of anilines is 1. The fraction of sp³-hybridized carbons (Fsp3) is 0.333. The Kier molecular flexibility index (Phi) is 8.93. The van der Waals surface area contributed by atoms with Crippen molar-refractivity contribution in [1.29, 1.82) is 10.5 Å². The van der Waals surface area contributed by atoms with Crippen LogP contribution < -0.4 is 14.2 Å². The average molecular weight is 538 g/mol. The molecular weight excluding hydrogens is 513 g/mol. The SMILES string of the molecule is CCc1c(C#N)c(S[C@@H](C(=O)NP(C)(=O)O)c2ccc(OS(C)(=O)=O)cc2)nc(N(C)C)c1C#N. The topological polar surface area (TPSA) is 173 Å². The predicted molar refractivity (Wildman–Crippen MR) is 132 cm³/mol. The molecule has 1 aromatic heterocycles. The Hall–Kier alpha value is -3.09. The van der Waals surface area contributed by atoms with E-state index in [1.54, 1.807) is 25.9 Å². The Balaban J connectivity index is 2.66. The first-order valence-electron chi connectivity index (χ1n) is 10.0. The summed E-state index contributed by atoms with van der Waals surface area (Å²) in [4.78, 5) is 28.8. The molecule has 14 heteroatoms. The number of pyridine rings is 1. The van der Waals surface area contributed by atoms with Gasteiger partial charge in [0.05, 0.1) is 17.4 Å². The molecule has 2 rings (SSSR count). The van der Waals surface area contributed by atoms with Gasteiger partial charge in [0, 0.05) is 20.8 Å². The minimum Gasteiger partial charge on any atom is -0.383 e. The average Bonchev–Trinajstić information content (AvgIpc) is 2.74. The third kappa shape index (κ3) is 7.44. The van der Waals surface area contributed by atoms with Gasteiger partial charge in [-0.1, -0.05) is 30.8 Å². The van der Waals surface area contributed by atoms with Crippen molar-refractivity contribution >= 4 is 41.1 Å². The monoisotopic (exact) mass is 537 g/mol. The second-order valence-corrected chi connectivity index (χ2v) is 12.3.